The lowest BCUT2D eigenvalue weighted by atomic mass is 10.2. The summed E-state index contributed by atoms with van der Waals surface area (Å²) in [7, 11) is 1.79. The van der Waals surface area contributed by atoms with Crippen LogP contribution in [-0.2, 0) is 6.61 Å². The molecule has 0 fully saturated rings. The van der Waals surface area contributed by atoms with E-state index in [-0.39, 0.29) is 5.56 Å². The summed E-state index contributed by atoms with van der Waals surface area (Å²) in [5.41, 5.74) is 8.92. The first-order chi connectivity index (χ1) is 11.7. The SMILES string of the molecule is CNc1cccc(-n2ccc(OCc3ccccc3)cc2=O)c1N. The van der Waals surface area contributed by atoms with Crippen molar-refractivity contribution in [1.29, 1.82) is 0 Å². The second-order valence-corrected chi connectivity index (χ2v) is 5.33. The third-order valence-electron chi connectivity index (χ3n) is 3.75. The normalized spacial score (nSPS) is 10.4. The van der Waals surface area contributed by atoms with E-state index in [9.17, 15) is 4.79 Å². The molecule has 5 nitrogen and oxygen atoms in total. The highest BCUT2D eigenvalue weighted by atomic mass is 16.5. The minimum absolute atomic E-state index is 0.194. The summed E-state index contributed by atoms with van der Waals surface area (Å²) in [6.45, 7) is 0.418. The fraction of sp³-hybridized carbons (Fsp3) is 0.105. The molecule has 1 aromatic heterocycles. The standard InChI is InChI=1S/C19H19N3O2/c1-21-16-8-5-9-17(19(16)20)22-11-10-15(12-18(22)23)24-13-14-6-3-2-4-7-14/h2-12,21H,13,20H2,1H3. The number of hydrogen-bond donors (Lipinski definition) is 2. The summed E-state index contributed by atoms with van der Waals surface area (Å²) in [5.74, 6) is 0.531. The summed E-state index contributed by atoms with van der Waals surface area (Å²) in [6.07, 6.45) is 1.67. The summed E-state index contributed by atoms with van der Waals surface area (Å²) in [4.78, 5) is 12.4. The van der Waals surface area contributed by atoms with Gasteiger partial charge in [0.1, 0.15) is 12.4 Å². The van der Waals surface area contributed by atoms with Crippen LogP contribution in [0.15, 0.2) is 71.7 Å². The number of ether oxygens (including phenoxy) is 1. The molecule has 0 saturated heterocycles. The highest BCUT2D eigenvalue weighted by molar-refractivity contribution is 5.75. The van der Waals surface area contributed by atoms with E-state index >= 15 is 0 Å². The number of nitrogens with one attached hydrogen (secondary N) is 1. The maximum Gasteiger partial charge on any atom is 0.258 e. The van der Waals surface area contributed by atoms with Gasteiger partial charge in [0.15, 0.2) is 0 Å². The van der Waals surface area contributed by atoms with Crippen molar-refractivity contribution in [2.45, 2.75) is 6.61 Å². The number of nitrogens with two attached hydrogens (primary N) is 1. The molecule has 2 aromatic carbocycles. The summed E-state index contributed by atoms with van der Waals surface area (Å²) < 4.78 is 7.19. The molecule has 0 unspecified atom stereocenters. The van der Waals surface area contributed by atoms with Gasteiger partial charge in [0.25, 0.3) is 5.56 Å². The van der Waals surface area contributed by atoms with Gasteiger partial charge in [0.2, 0.25) is 0 Å². The number of aromatic nitrogens is 1. The fourth-order valence-electron chi connectivity index (χ4n) is 2.47. The van der Waals surface area contributed by atoms with Crippen molar-refractivity contribution >= 4 is 11.4 Å². The first-order valence-corrected chi connectivity index (χ1v) is 7.65. The molecular weight excluding hydrogens is 302 g/mol. The van der Waals surface area contributed by atoms with E-state index in [2.05, 4.69) is 5.32 Å². The number of pyridine rings is 1. The summed E-state index contributed by atoms with van der Waals surface area (Å²) >= 11 is 0. The highest BCUT2D eigenvalue weighted by Gasteiger charge is 2.08. The Labute approximate surface area is 140 Å². The molecule has 0 bridgehead atoms. The Balaban J connectivity index is 1.84. The molecule has 0 spiro atoms. The van der Waals surface area contributed by atoms with Gasteiger partial charge in [-0.2, -0.15) is 0 Å². The van der Waals surface area contributed by atoms with Gasteiger partial charge in [0.05, 0.1) is 17.1 Å². The average molecular weight is 321 g/mol. The van der Waals surface area contributed by atoms with Crippen molar-refractivity contribution in [3.63, 3.8) is 0 Å². The van der Waals surface area contributed by atoms with Crippen molar-refractivity contribution in [2.75, 3.05) is 18.1 Å². The van der Waals surface area contributed by atoms with E-state index in [1.807, 2.05) is 48.5 Å². The van der Waals surface area contributed by atoms with E-state index in [0.29, 0.717) is 23.7 Å². The topological polar surface area (TPSA) is 69.3 Å². The van der Waals surface area contributed by atoms with Crippen LogP contribution in [0.4, 0.5) is 11.4 Å². The fourth-order valence-corrected chi connectivity index (χ4v) is 2.47. The van der Waals surface area contributed by atoms with E-state index in [0.717, 1.165) is 11.3 Å². The van der Waals surface area contributed by atoms with Crippen molar-refractivity contribution in [2.24, 2.45) is 0 Å². The van der Waals surface area contributed by atoms with Crippen molar-refractivity contribution in [3.8, 4) is 11.4 Å². The van der Waals surface area contributed by atoms with Crippen molar-refractivity contribution < 1.29 is 4.74 Å². The van der Waals surface area contributed by atoms with Gasteiger partial charge < -0.3 is 15.8 Å². The summed E-state index contributed by atoms with van der Waals surface area (Å²) in [5, 5.41) is 3.01. The second kappa shape index (κ2) is 6.91. The molecule has 3 rings (SSSR count). The van der Waals surface area contributed by atoms with Crippen molar-refractivity contribution in [3.05, 3.63) is 82.8 Å². The summed E-state index contributed by atoms with van der Waals surface area (Å²) in [6, 6.07) is 18.6. The highest BCUT2D eigenvalue weighted by Crippen LogP contribution is 2.25. The minimum Gasteiger partial charge on any atom is -0.489 e. The lowest BCUT2D eigenvalue weighted by Gasteiger charge is -2.13. The van der Waals surface area contributed by atoms with Gasteiger partial charge in [0, 0.05) is 19.3 Å². The van der Waals surface area contributed by atoms with Gasteiger partial charge in [-0.1, -0.05) is 36.4 Å². The molecule has 0 radical (unpaired) electrons. The molecule has 0 aliphatic heterocycles. The van der Waals surface area contributed by atoms with E-state index in [1.54, 1.807) is 19.3 Å². The van der Waals surface area contributed by atoms with Crippen LogP contribution in [0.5, 0.6) is 5.75 Å². The van der Waals surface area contributed by atoms with Gasteiger partial charge in [-0.05, 0) is 23.8 Å². The molecule has 0 amide bonds. The number of nitrogens with zero attached hydrogens (tertiary/aromatic N) is 1. The number of rotatable bonds is 5. The predicted molar refractivity (Wildman–Crippen MR) is 96.8 cm³/mol. The maximum atomic E-state index is 12.4. The van der Waals surface area contributed by atoms with Crippen LogP contribution in [0, 0.1) is 0 Å². The molecule has 24 heavy (non-hydrogen) atoms. The number of benzene rings is 2. The number of nitrogen functional groups attached to an aromatic ring is 1. The Morgan fingerprint density at radius 2 is 1.88 bits per heavy atom. The Morgan fingerprint density at radius 3 is 2.58 bits per heavy atom. The molecular formula is C19H19N3O2. The van der Waals surface area contributed by atoms with Gasteiger partial charge in [-0.15, -0.1) is 0 Å². The van der Waals surface area contributed by atoms with Crippen LogP contribution in [-0.4, -0.2) is 11.6 Å². The number of hydrogen-bond acceptors (Lipinski definition) is 4. The van der Waals surface area contributed by atoms with Gasteiger partial charge >= 0.3 is 0 Å². The average Bonchev–Trinajstić information content (AvgIpc) is 2.62. The zero-order chi connectivity index (χ0) is 16.9. The number of para-hydroxylation sites is 1. The van der Waals surface area contributed by atoms with Gasteiger partial charge in [-0.3, -0.25) is 9.36 Å². The Hall–Kier alpha value is -3.21. The molecule has 0 aliphatic rings. The first kappa shape index (κ1) is 15.7. The van der Waals surface area contributed by atoms with Crippen LogP contribution in [0.25, 0.3) is 5.69 Å². The molecule has 122 valence electrons. The minimum atomic E-state index is -0.194. The monoisotopic (exact) mass is 321 g/mol. The molecule has 0 atom stereocenters. The van der Waals surface area contributed by atoms with Crippen LogP contribution in [0.1, 0.15) is 5.56 Å². The van der Waals surface area contributed by atoms with E-state index < -0.39 is 0 Å². The van der Waals surface area contributed by atoms with Crippen LogP contribution in [0.3, 0.4) is 0 Å². The second-order valence-electron chi connectivity index (χ2n) is 5.33. The van der Waals surface area contributed by atoms with Crippen LogP contribution >= 0.6 is 0 Å². The Morgan fingerprint density at radius 1 is 1.08 bits per heavy atom. The van der Waals surface area contributed by atoms with Crippen LogP contribution < -0.4 is 21.3 Å². The molecule has 0 aliphatic carbocycles. The first-order valence-electron chi connectivity index (χ1n) is 7.65. The smallest absolute Gasteiger partial charge is 0.258 e. The van der Waals surface area contributed by atoms with E-state index in [1.165, 1.54) is 10.6 Å². The predicted octanol–water partition coefficient (Wildman–Crippen LogP) is 3.04. The van der Waals surface area contributed by atoms with Crippen molar-refractivity contribution in [1.82, 2.24) is 4.57 Å². The quantitative estimate of drug-likeness (QED) is 0.709. The number of anilines is 2. The Bertz CT molecular complexity index is 889. The Kier molecular flexibility index (Phi) is 4.52. The molecule has 1 heterocycles. The van der Waals surface area contributed by atoms with E-state index in [4.69, 9.17) is 10.5 Å². The lowest BCUT2D eigenvalue weighted by molar-refractivity contribution is 0.305. The molecule has 3 aromatic rings. The zero-order valence-electron chi connectivity index (χ0n) is 13.4. The molecule has 3 N–H and O–H groups in total. The largest absolute Gasteiger partial charge is 0.489 e. The van der Waals surface area contributed by atoms with Gasteiger partial charge in [-0.25, -0.2) is 0 Å². The lowest BCUT2D eigenvalue weighted by Crippen LogP contribution is -2.18. The van der Waals surface area contributed by atoms with Crippen LogP contribution in [0.2, 0.25) is 0 Å². The third kappa shape index (κ3) is 3.25. The zero-order valence-corrected chi connectivity index (χ0v) is 13.4. The molecule has 0 saturated carbocycles. The third-order valence-corrected chi connectivity index (χ3v) is 3.75. The maximum absolute atomic E-state index is 12.4. The molecule has 5 heteroatoms.